The predicted molar refractivity (Wildman–Crippen MR) is 47.3 cm³/mol. The summed E-state index contributed by atoms with van der Waals surface area (Å²) >= 11 is 0. The summed E-state index contributed by atoms with van der Waals surface area (Å²) in [4.78, 5) is 6.39. The summed E-state index contributed by atoms with van der Waals surface area (Å²) < 4.78 is 4.66. The maximum absolute atomic E-state index is 4.66. The molecule has 1 aromatic heterocycles. The first kappa shape index (κ1) is 8.65. The molecule has 5 heteroatoms. The molecule has 2 rings (SSSR count). The minimum atomic E-state index is 0.804. The Balaban J connectivity index is 1.72. The monoisotopic (exact) mass is 182 g/mol. The average Bonchev–Trinajstić information content (AvgIpc) is 2.69. The Morgan fingerprint density at radius 3 is 3.00 bits per heavy atom. The first-order chi connectivity index (χ1) is 6.45. The molecule has 0 aromatic carbocycles. The molecule has 2 heterocycles. The van der Waals surface area contributed by atoms with Gasteiger partial charge in [-0.05, 0) is 0 Å². The Bertz CT molecular complexity index is 230. The van der Waals surface area contributed by atoms with Crippen molar-refractivity contribution in [3.05, 3.63) is 12.2 Å². The van der Waals surface area contributed by atoms with Crippen molar-refractivity contribution in [3.63, 3.8) is 0 Å². The Kier molecular flexibility index (Phi) is 2.89. The smallest absolute Gasteiger partial charge is 0.213 e. The Morgan fingerprint density at radius 2 is 2.31 bits per heavy atom. The fourth-order valence-corrected chi connectivity index (χ4v) is 1.50. The minimum absolute atomic E-state index is 0.804. The van der Waals surface area contributed by atoms with E-state index in [1.54, 1.807) is 0 Å². The number of piperazine rings is 1. The van der Waals surface area contributed by atoms with E-state index in [0.717, 1.165) is 45.0 Å². The number of nitrogens with zero attached hydrogens (tertiary/aromatic N) is 3. The molecule has 0 bridgehead atoms. The van der Waals surface area contributed by atoms with Gasteiger partial charge in [0.1, 0.15) is 0 Å². The van der Waals surface area contributed by atoms with Crippen LogP contribution >= 0.6 is 0 Å². The Morgan fingerprint density at radius 1 is 1.46 bits per heavy atom. The fraction of sp³-hybridized carbons (Fsp3) is 0.750. The second-order valence-corrected chi connectivity index (χ2v) is 3.19. The van der Waals surface area contributed by atoms with Crippen LogP contribution in [0.2, 0.25) is 0 Å². The quantitative estimate of drug-likeness (QED) is 0.684. The van der Waals surface area contributed by atoms with Crippen LogP contribution in [0.25, 0.3) is 0 Å². The average molecular weight is 182 g/mol. The molecule has 1 aromatic rings. The third-order valence-electron chi connectivity index (χ3n) is 2.27. The lowest BCUT2D eigenvalue weighted by molar-refractivity contribution is 0.241. The Hall–Kier alpha value is -0.940. The van der Waals surface area contributed by atoms with Gasteiger partial charge in [-0.3, -0.25) is 0 Å². The highest BCUT2D eigenvalue weighted by atomic mass is 16.5. The first-order valence-corrected chi connectivity index (χ1v) is 4.63. The molecule has 1 fully saturated rings. The molecule has 0 atom stereocenters. The molecule has 5 nitrogen and oxygen atoms in total. The summed E-state index contributed by atoms with van der Waals surface area (Å²) in [6, 6.07) is 0. The fourth-order valence-electron chi connectivity index (χ4n) is 1.50. The summed E-state index contributed by atoms with van der Waals surface area (Å²) in [7, 11) is 0. The van der Waals surface area contributed by atoms with Crippen molar-refractivity contribution in [1.29, 1.82) is 0 Å². The zero-order valence-electron chi connectivity index (χ0n) is 7.57. The molecular weight excluding hydrogens is 168 g/mol. The van der Waals surface area contributed by atoms with Crippen LogP contribution in [-0.4, -0.2) is 47.8 Å². The highest BCUT2D eigenvalue weighted by molar-refractivity contribution is 4.80. The third kappa shape index (κ3) is 2.50. The van der Waals surface area contributed by atoms with Crippen LogP contribution in [0.4, 0.5) is 0 Å². The van der Waals surface area contributed by atoms with Crippen LogP contribution in [0.15, 0.2) is 10.9 Å². The lowest BCUT2D eigenvalue weighted by Crippen LogP contribution is -2.44. The molecule has 1 saturated heterocycles. The molecule has 0 spiro atoms. The molecule has 0 unspecified atom stereocenters. The van der Waals surface area contributed by atoms with Crippen molar-refractivity contribution >= 4 is 0 Å². The number of aromatic nitrogens is 2. The maximum atomic E-state index is 4.66. The van der Waals surface area contributed by atoms with Crippen molar-refractivity contribution < 1.29 is 4.52 Å². The van der Waals surface area contributed by atoms with Crippen molar-refractivity contribution in [3.8, 4) is 0 Å². The van der Waals surface area contributed by atoms with Crippen LogP contribution in [0.3, 0.4) is 0 Å². The summed E-state index contributed by atoms with van der Waals surface area (Å²) in [6.45, 7) is 5.45. The van der Waals surface area contributed by atoms with Gasteiger partial charge < -0.3 is 14.7 Å². The van der Waals surface area contributed by atoms with Gasteiger partial charge in [-0.2, -0.15) is 4.98 Å². The van der Waals surface area contributed by atoms with Gasteiger partial charge in [0.05, 0.1) is 0 Å². The van der Waals surface area contributed by atoms with Crippen molar-refractivity contribution in [2.45, 2.75) is 6.42 Å². The summed E-state index contributed by atoms with van der Waals surface area (Å²) in [6.07, 6.45) is 2.27. The zero-order valence-corrected chi connectivity index (χ0v) is 7.57. The maximum Gasteiger partial charge on any atom is 0.213 e. The molecule has 1 aliphatic heterocycles. The second-order valence-electron chi connectivity index (χ2n) is 3.19. The van der Waals surface area contributed by atoms with E-state index in [1.165, 1.54) is 6.39 Å². The summed E-state index contributed by atoms with van der Waals surface area (Å²) in [5.41, 5.74) is 0. The second kappa shape index (κ2) is 4.34. The molecule has 0 amide bonds. The standard InChI is InChI=1S/C8H14N4O/c1(8-10-7-13-11-8)4-12-5-2-9-3-6-12/h7,9H,1-6H2. The van der Waals surface area contributed by atoms with Gasteiger partial charge in [-0.15, -0.1) is 0 Å². The highest BCUT2D eigenvalue weighted by Gasteiger charge is 2.09. The van der Waals surface area contributed by atoms with Crippen LogP contribution in [-0.2, 0) is 6.42 Å². The molecule has 1 N–H and O–H groups in total. The van der Waals surface area contributed by atoms with Gasteiger partial charge in [0.15, 0.2) is 5.82 Å². The largest absolute Gasteiger partial charge is 0.343 e. The van der Waals surface area contributed by atoms with E-state index >= 15 is 0 Å². The van der Waals surface area contributed by atoms with Gasteiger partial charge in [-0.25, -0.2) is 0 Å². The predicted octanol–water partition coefficient (Wildman–Crippen LogP) is -0.483. The molecule has 1 aliphatic rings. The number of rotatable bonds is 3. The number of nitrogens with one attached hydrogen (secondary N) is 1. The molecule has 72 valence electrons. The van der Waals surface area contributed by atoms with Crippen LogP contribution in [0.5, 0.6) is 0 Å². The lowest BCUT2D eigenvalue weighted by atomic mass is 10.3. The van der Waals surface area contributed by atoms with Gasteiger partial charge in [0, 0.05) is 39.1 Å². The van der Waals surface area contributed by atoms with Gasteiger partial charge in [0.25, 0.3) is 0 Å². The van der Waals surface area contributed by atoms with Gasteiger partial charge in [0.2, 0.25) is 6.39 Å². The molecular formula is C8H14N4O. The first-order valence-electron chi connectivity index (χ1n) is 4.63. The van der Waals surface area contributed by atoms with E-state index in [9.17, 15) is 0 Å². The third-order valence-corrected chi connectivity index (χ3v) is 2.27. The molecule has 0 aliphatic carbocycles. The van der Waals surface area contributed by atoms with E-state index < -0.39 is 0 Å². The SMILES string of the molecule is c1nc(CCN2CCNCC2)no1. The minimum Gasteiger partial charge on any atom is -0.343 e. The van der Waals surface area contributed by atoms with E-state index in [2.05, 4.69) is 24.9 Å². The molecule has 0 radical (unpaired) electrons. The van der Waals surface area contributed by atoms with Crippen LogP contribution < -0.4 is 5.32 Å². The molecule has 0 saturated carbocycles. The van der Waals surface area contributed by atoms with Crippen molar-refractivity contribution in [1.82, 2.24) is 20.4 Å². The van der Waals surface area contributed by atoms with E-state index in [0.29, 0.717) is 0 Å². The summed E-state index contributed by atoms with van der Waals surface area (Å²) in [5.74, 6) is 0.804. The Labute approximate surface area is 77.1 Å². The highest BCUT2D eigenvalue weighted by Crippen LogP contribution is 1.96. The van der Waals surface area contributed by atoms with Crippen molar-refractivity contribution in [2.75, 3.05) is 32.7 Å². The van der Waals surface area contributed by atoms with Gasteiger partial charge >= 0.3 is 0 Å². The van der Waals surface area contributed by atoms with Crippen LogP contribution in [0, 0.1) is 0 Å². The van der Waals surface area contributed by atoms with Crippen LogP contribution in [0.1, 0.15) is 5.82 Å². The zero-order chi connectivity index (χ0) is 8.93. The molecule has 13 heavy (non-hydrogen) atoms. The van der Waals surface area contributed by atoms with E-state index in [-0.39, 0.29) is 0 Å². The topological polar surface area (TPSA) is 54.2 Å². The van der Waals surface area contributed by atoms with E-state index in [4.69, 9.17) is 0 Å². The number of hydrogen-bond acceptors (Lipinski definition) is 5. The van der Waals surface area contributed by atoms with Gasteiger partial charge in [-0.1, -0.05) is 5.16 Å². The van der Waals surface area contributed by atoms with E-state index in [1.807, 2.05) is 0 Å². The summed E-state index contributed by atoms with van der Waals surface area (Å²) in [5, 5.41) is 7.09. The lowest BCUT2D eigenvalue weighted by Gasteiger charge is -2.26. The van der Waals surface area contributed by atoms with Crippen molar-refractivity contribution in [2.24, 2.45) is 0 Å². The normalized spacial score (nSPS) is 19.1. The number of hydrogen-bond donors (Lipinski definition) is 1.